The molecular formula is C10H20N2O4. The van der Waals surface area contributed by atoms with E-state index in [1.54, 1.807) is 21.1 Å². The van der Waals surface area contributed by atoms with Crippen molar-refractivity contribution in [2.45, 2.75) is 32.4 Å². The van der Waals surface area contributed by atoms with Crippen LogP contribution in [0.2, 0.25) is 0 Å². The number of carboxylic acid groups (broad SMARTS) is 1. The van der Waals surface area contributed by atoms with E-state index in [1.807, 2.05) is 6.92 Å². The minimum Gasteiger partial charge on any atom is -0.480 e. The molecule has 0 rings (SSSR count). The van der Waals surface area contributed by atoms with Crippen LogP contribution < -0.4 is 5.32 Å². The molecule has 0 saturated heterocycles. The van der Waals surface area contributed by atoms with E-state index in [9.17, 15) is 9.59 Å². The summed E-state index contributed by atoms with van der Waals surface area (Å²) in [4.78, 5) is 23.8. The van der Waals surface area contributed by atoms with Gasteiger partial charge in [0.05, 0.1) is 12.6 Å². The Bertz CT molecular complexity index is 245. The molecule has 0 aliphatic rings. The molecule has 0 heterocycles. The Balaban J connectivity index is 4.28. The Kier molecular flexibility index (Phi) is 6.48. The van der Waals surface area contributed by atoms with Crippen molar-refractivity contribution >= 4 is 12.0 Å². The van der Waals surface area contributed by atoms with Gasteiger partial charge in [-0.15, -0.1) is 0 Å². The molecule has 0 spiro atoms. The number of urea groups is 1. The molecule has 0 aliphatic heterocycles. The van der Waals surface area contributed by atoms with Crippen molar-refractivity contribution in [3.8, 4) is 0 Å². The highest BCUT2D eigenvalue weighted by Crippen LogP contribution is 1.99. The summed E-state index contributed by atoms with van der Waals surface area (Å²) in [6, 6.07) is -1.35. The predicted molar refractivity (Wildman–Crippen MR) is 59.3 cm³/mol. The maximum atomic E-state index is 11.6. The van der Waals surface area contributed by atoms with Crippen molar-refractivity contribution in [2.24, 2.45) is 0 Å². The van der Waals surface area contributed by atoms with E-state index in [-0.39, 0.29) is 6.04 Å². The molecule has 0 aromatic carbocycles. The van der Waals surface area contributed by atoms with Crippen molar-refractivity contribution in [1.29, 1.82) is 0 Å². The number of nitrogens with one attached hydrogen (secondary N) is 1. The molecule has 0 aromatic heterocycles. The molecule has 0 aliphatic carbocycles. The molecule has 2 unspecified atom stereocenters. The number of ether oxygens (including phenoxy) is 1. The van der Waals surface area contributed by atoms with Gasteiger partial charge in [-0.25, -0.2) is 9.59 Å². The predicted octanol–water partition coefficient (Wildman–Crippen LogP) is 0.526. The number of rotatable bonds is 6. The van der Waals surface area contributed by atoms with Gasteiger partial charge in [-0.3, -0.25) is 0 Å². The third-order valence-corrected chi connectivity index (χ3v) is 2.39. The summed E-state index contributed by atoms with van der Waals surface area (Å²) < 4.78 is 4.92. The van der Waals surface area contributed by atoms with Crippen LogP contribution in [0.15, 0.2) is 0 Å². The molecule has 0 aromatic rings. The Labute approximate surface area is 95.6 Å². The van der Waals surface area contributed by atoms with Gasteiger partial charge >= 0.3 is 12.0 Å². The summed E-state index contributed by atoms with van der Waals surface area (Å²) in [5.74, 6) is -1.02. The Morgan fingerprint density at radius 3 is 2.44 bits per heavy atom. The third kappa shape index (κ3) is 4.48. The van der Waals surface area contributed by atoms with Crippen LogP contribution in [0.1, 0.15) is 20.3 Å². The van der Waals surface area contributed by atoms with Crippen LogP contribution in [0, 0.1) is 0 Å². The van der Waals surface area contributed by atoms with Gasteiger partial charge in [0.2, 0.25) is 0 Å². The average Bonchev–Trinajstić information content (AvgIpc) is 2.24. The molecule has 2 amide bonds. The van der Waals surface area contributed by atoms with Crippen LogP contribution in [0.3, 0.4) is 0 Å². The van der Waals surface area contributed by atoms with Crippen LogP contribution in [0.25, 0.3) is 0 Å². The molecule has 94 valence electrons. The molecule has 0 bridgehead atoms. The molecule has 6 nitrogen and oxygen atoms in total. The highest BCUT2D eigenvalue weighted by atomic mass is 16.5. The molecule has 0 radical (unpaired) electrons. The van der Waals surface area contributed by atoms with Crippen LogP contribution in [-0.2, 0) is 9.53 Å². The van der Waals surface area contributed by atoms with Crippen LogP contribution in [-0.4, -0.2) is 54.9 Å². The first-order chi connectivity index (χ1) is 7.43. The lowest BCUT2D eigenvalue weighted by Gasteiger charge is -2.26. The molecule has 0 fully saturated rings. The van der Waals surface area contributed by atoms with E-state index in [0.717, 1.165) is 0 Å². The zero-order valence-corrected chi connectivity index (χ0v) is 10.2. The Hall–Kier alpha value is -1.30. The number of carboxylic acids is 1. The van der Waals surface area contributed by atoms with Crippen molar-refractivity contribution < 1.29 is 19.4 Å². The number of likely N-dealkylation sites (N-methyl/N-ethyl adjacent to an activating group) is 1. The van der Waals surface area contributed by atoms with Gasteiger partial charge in [-0.05, 0) is 13.3 Å². The zero-order chi connectivity index (χ0) is 12.7. The van der Waals surface area contributed by atoms with Gasteiger partial charge in [0.25, 0.3) is 0 Å². The molecular weight excluding hydrogens is 212 g/mol. The number of nitrogens with zero attached hydrogens (tertiary/aromatic N) is 1. The van der Waals surface area contributed by atoms with E-state index in [4.69, 9.17) is 9.84 Å². The quantitative estimate of drug-likeness (QED) is 0.700. The number of amides is 2. The Morgan fingerprint density at radius 1 is 1.50 bits per heavy atom. The third-order valence-electron chi connectivity index (χ3n) is 2.39. The summed E-state index contributed by atoms with van der Waals surface area (Å²) in [5, 5.41) is 11.2. The van der Waals surface area contributed by atoms with E-state index in [0.29, 0.717) is 13.0 Å². The fourth-order valence-corrected chi connectivity index (χ4v) is 1.14. The highest BCUT2D eigenvalue weighted by molar-refractivity contribution is 5.82. The fraction of sp³-hybridized carbons (Fsp3) is 0.800. The van der Waals surface area contributed by atoms with Crippen molar-refractivity contribution in [1.82, 2.24) is 10.2 Å². The van der Waals surface area contributed by atoms with Gasteiger partial charge in [0.1, 0.15) is 6.04 Å². The molecule has 0 saturated carbocycles. The maximum absolute atomic E-state index is 11.6. The lowest BCUT2D eigenvalue weighted by molar-refractivity contribution is -0.139. The minimum atomic E-state index is -1.02. The van der Waals surface area contributed by atoms with E-state index >= 15 is 0 Å². The second kappa shape index (κ2) is 7.05. The first kappa shape index (κ1) is 14.7. The number of methoxy groups -OCH3 is 1. The second-order valence-electron chi connectivity index (χ2n) is 3.66. The van der Waals surface area contributed by atoms with Crippen LogP contribution in [0.5, 0.6) is 0 Å². The van der Waals surface area contributed by atoms with Gasteiger partial charge in [-0.1, -0.05) is 6.92 Å². The minimum absolute atomic E-state index is 0.101. The van der Waals surface area contributed by atoms with Crippen molar-refractivity contribution in [3.63, 3.8) is 0 Å². The number of carbonyl (C=O) groups is 2. The second-order valence-corrected chi connectivity index (χ2v) is 3.66. The average molecular weight is 232 g/mol. The molecule has 16 heavy (non-hydrogen) atoms. The summed E-state index contributed by atoms with van der Waals surface area (Å²) in [7, 11) is 3.15. The van der Waals surface area contributed by atoms with Crippen LogP contribution in [0.4, 0.5) is 4.79 Å². The topological polar surface area (TPSA) is 78.9 Å². The number of aliphatic carboxylic acids is 1. The van der Waals surface area contributed by atoms with Gasteiger partial charge in [-0.2, -0.15) is 0 Å². The SMILES string of the molecule is CCC(NC(=O)N(C)C(C)COC)C(=O)O. The van der Waals surface area contributed by atoms with E-state index in [2.05, 4.69) is 5.32 Å². The van der Waals surface area contributed by atoms with Crippen LogP contribution >= 0.6 is 0 Å². The zero-order valence-electron chi connectivity index (χ0n) is 10.2. The molecule has 6 heteroatoms. The first-order valence-corrected chi connectivity index (χ1v) is 5.19. The summed E-state index contributed by atoms with van der Waals surface area (Å²) in [6.45, 7) is 3.94. The summed E-state index contributed by atoms with van der Waals surface area (Å²) >= 11 is 0. The number of hydrogen-bond acceptors (Lipinski definition) is 3. The van der Waals surface area contributed by atoms with E-state index in [1.165, 1.54) is 4.90 Å². The Morgan fingerprint density at radius 2 is 2.06 bits per heavy atom. The summed E-state index contributed by atoms with van der Waals surface area (Å²) in [5.41, 5.74) is 0. The standard InChI is InChI=1S/C10H20N2O4/c1-5-8(9(13)14)11-10(15)12(3)7(2)6-16-4/h7-8H,5-6H2,1-4H3,(H,11,15)(H,13,14). The molecule has 2 N–H and O–H groups in total. The monoisotopic (exact) mass is 232 g/mol. The molecule has 2 atom stereocenters. The van der Waals surface area contributed by atoms with Crippen molar-refractivity contribution in [2.75, 3.05) is 20.8 Å². The fourth-order valence-electron chi connectivity index (χ4n) is 1.14. The lowest BCUT2D eigenvalue weighted by atomic mass is 10.2. The summed E-state index contributed by atoms with van der Waals surface area (Å²) in [6.07, 6.45) is 0.355. The van der Waals surface area contributed by atoms with Gasteiger partial charge < -0.3 is 20.1 Å². The number of hydrogen-bond donors (Lipinski definition) is 2. The van der Waals surface area contributed by atoms with Gasteiger partial charge in [0.15, 0.2) is 0 Å². The maximum Gasteiger partial charge on any atom is 0.326 e. The normalized spacial score (nSPS) is 14.0. The van der Waals surface area contributed by atoms with Gasteiger partial charge in [0, 0.05) is 14.2 Å². The lowest BCUT2D eigenvalue weighted by Crippen LogP contribution is -2.49. The first-order valence-electron chi connectivity index (χ1n) is 5.19. The van der Waals surface area contributed by atoms with E-state index < -0.39 is 18.0 Å². The van der Waals surface area contributed by atoms with Crippen molar-refractivity contribution in [3.05, 3.63) is 0 Å². The smallest absolute Gasteiger partial charge is 0.326 e. The highest BCUT2D eigenvalue weighted by Gasteiger charge is 2.22. The largest absolute Gasteiger partial charge is 0.480 e. The number of carbonyl (C=O) groups excluding carboxylic acids is 1.